The molecule has 1 saturated carbocycles. The van der Waals surface area contributed by atoms with Crippen LogP contribution in [0.3, 0.4) is 0 Å². The lowest BCUT2D eigenvalue weighted by Crippen LogP contribution is -2.68. The molecule has 0 saturated heterocycles. The van der Waals surface area contributed by atoms with Gasteiger partial charge in [-0.1, -0.05) is 51.1 Å². The smallest absolute Gasteiger partial charge is 0.291 e. The van der Waals surface area contributed by atoms with Gasteiger partial charge in [-0.25, -0.2) is 4.39 Å². The molecule has 4 atom stereocenters. The van der Waals surface area contributed by atoms with Gasteiger partial charge in [0.05, 0.1) is 18.7 Å². The molecule has 1 aromatic heterocycles. The zero-order valence-corrected chi connectivity index (χ0v) is 30.8. The number of aliphatic hydroxyl groups excluding tert-OH is 1. The van der Waals surface area contributed by atoms with Gasteiger partial charge >= 0.3 is 0 Å². The molecule has 0 unspecified atom stereocenters. The number of rotatable bonds is 7. The Balaban J connectivity index is 1.61. The molecule has 6 rings (SSSR count). The summed E-state index contributed by atoms with van der Waals surface area (Å²) in [7, 11) is 1.96. The Kier molecular flexibility index (Phi) is 8.45. The highest BCUT2D eigenvalue weighted by Gasteiger charge is 2.68. The molecule has 3 aliphatic rings. The van der Waals surface area contributed by atoms with Gasteiger partial charge in [-0.2, -0.15) is 5.16 Å². The van der Waals surface area contributed by atoms with Gasteiger partial charge < -0.3 is 23.5 Å². The number of aliphatic hydroxyl groups is 1. The van der Waals surface area contributed by atoms with E-state index in [0.29, 0.717) is 0 Å². The fourth-order valence-corrected chi connectivity index (χ4v) is 9.34. The maximum Gasteiger partial charge on any atom is 0.291 e. The molecule has 256 valence electrons. The van der Waals surface area contributed by atoms with Crippen LogP contribution in [0.2, 0.25) is 18.1 Å². The molecule has 3 aliphatic carbocycles. The lowest BCUT2D eigenvalue weighted by atomic mass is 9.57. The summed E-state index contributed by atoms with van der Waals surface area (Å²) in [5.74, 6) is -4.11. The molecule has 0 bridgehead atoms. The third-order valence-corrected chi connectivity index (χ3v) is 15.7. The van der Waals surface area contributed by atoms with E-state index in [1.54, 1.807) is 19.0 Å². The zero-order valence-electron chi connectivity index (χ0n) is 28.2. The van der Waals surface area contributed by atoms with E-state index in [2.05, 4.69) is 21.1 Å². The van der Waals surface area contributed by atoms with Crippen molar-refractivity contribution >= 4 is 41.6 Å². The molecule has 1 fully saturated rings. The maximum atomic E-state index is 16.3. The second-order valence-electron chi connectivity index (χ2n) is 14.6. The number of aromatic amines is 1. The number of ketones is 2. The maximum absolute atomic E-state index is 16.3. The lowest BCUT2D eigenvalue weighted by Gasteiger charge is -2.55. The first-order valence-electron chi connectivity index (χ1n) is 15.8. The standard InChI is InChI=1S/C35H40BrFN2O8Si/c1-34(2,3)48(7,8)47-35-20(26(39(4)5)29-23(32(35)42)33(43)38-46-29)15-18-14-19-22(27(40)21(18)31(35)41)28(24(36)30(44-6)25(19)37)45-16-17-12-10-9-11-13-17/h9-13,18,20,26,40H,14-16H2,1-8H3,(H,38,43)/t18-,20-,26-,35-/m0/s1. The van der Waals surface area contributed by atoms with Gasteiger partial charge in [0, 0.05) is 17.1 Å². The number of nitrogens with zero attached hydrogens (tertiary/aromatic N) is 1. The van der Waals surface area contributed by atoms with Crippen LogP contribution in [0.4, 0.5) is 4.39 Å². The molecule has 10 nitrogen and oxygen atoms in total. The van der Waals surface area contributed by atoms with Gasteiger partial charge in [-0.05, 0) is 72.5 Å². The molecule has 0 amide bonds. The first-order valence-corrected chi connectivity index (χ1v) is 19.5. The summed E-state index contributed by atoms with van der Waals surface area (Å²) in [6, 6.07) is 8.60. The highest BCUT2D eigenvalue weighted by molar-refractivity contribution is 9.10. The van der Waals surface area contributed by atoms with E-state index in [4.69, 9.17) is 18.4 Å². The van der Waals surface area contributed by atoms with Crippen LogP contribution in [0.15, 0.2) is 49.7 Å². The number of carbonyl (C=O) groups is 2. The number of halogens is 2. The number of fused-ring (bicyclic) bond motifs is 4. The first-order chi connectivity index (χ1) is 22.5. The SMILES string of the molecule is COc1c(F)c2c(c(OCc3ccccc3)c1Br)C(O)=C1C(=O)[C@]3(O[Si](C)(C)C(C)(C)C)C(=O)c4c(o[nH]c4=O)[C@@H](N(C)C)[C@@H]3C[C@@H]1C2. The Labute approximate surface area is 287 Å². The van der Waals surface area contributed by atoms with E-state index in [1.807, 2.05) is 64.2 Å². The molecule has 1 heterocycles. The highest BCUT2D eigenvalue weighted by Crippen LogP contribution is 2.59. The van der Waals surface area contributed by atoms with Gasteiger partial charge in [0.25, 0.3) is 5.56 Å². The second kappa shape index (κ2) is 11.8. The molecule has 2 N–H and O–H groups in total. The third kappa shape index (κ3) is 4.95. The average Bonchev–Trinajstić information content (AvgIpc) is 3.39. The predicted molar refractivity (Wildman–Crippen MR) is 182 cm³/mol. The number of carbonyl (C=O) groups excluding carboxylic acids is 2. The van der Waals surface area contributed by atoms with Gasteiger partial charge in [0.15, 0.2) is 31.2 Å². The Morgan fingerprint density at radius 1 is 1.10 bits per heavy atom. The molecule has 13 heteroatoms. The number of hydrogen-bond donors (Lipinski definition) is 2. The summed E-state index contributed by atoms with van der Waals surface area (Å²) in [6.45, 7) is 9.92. The Morgan fingerprint density at radius 2 is 1.77 bits per heavy atom. The number of H-pyrrole nitrogens is 1. The van der Waals surface area contributed by atoms with E-state index in [9.17, 15) is 14.7 Å². The summed E-state index contributed by atoms with van der Waals surface area (Å²) in [5, 5.41) is 14.0. The fraction of sp³-hybridized carbons (Fsp3) is 0.457. The lowest BCUT2D eigenvalue weighted by molar-refractivity contribution is -0.140. The molecular formula is C35H40BrFN2O8Si. The number of ether oxygens (including phenoxy) is 2. The fourth-order valence-electron chi connectivity index (χ4n) is 7.24. The molecule has 3 aromatic rings. The van der Waals surface area contributed by atoms with Crippen LogP contribution in [0.1, 0.15) is 66.0 Å². The first kappa shape index (κ1) is 34.3. The van der Waals surface area contributed by atoms with E-state index in [1.165, 1.54) is 7.11 Å². The van der Waals surface area contributed by atoms with Crippen LogP contribution < -0.4 is 15.0 Å². The Morgan fingerprint density at radius 3 is 2.38 bits per heavy atom. The average molecular weight is 744 g/mol. The number of aromatic nitrogens is 1. The normalized spacial score (nSPS) is 23.9. The highest BCUT2D eigenvalue weighted by atomic mass is 79.9. The summed E-state index contributed by atoms with van der Waals surface area (Å²) in [4.78, 5) is 44.9. The van der Waals surface area contributed by atoms with Crippen molar-refractivity contribution in [3.05, 3.63) is 84.6 Å². The number of Topliss-reactive ketones (excluding diaryl/α,β-unsaturated/α-hetero) is 2. The van der Waals surface area contributed by atoms with Crippen LogP contribution in [0, 0.1) is 17.7 Å². The van der Waals surface area contributed by atoms with Crippen molar-refractivity contribution < 1.29 is 37.5 Å². The van der Waals surface area contributed by atoms with Crippen LogP contribution in [0.25, 0.3) is 5.76 Å². The largest absolute Gasteiger partial charge is 0.507 e. The zero-order chi connectivity index (χ0) is 35.1. The topological polar surface area (TPSA) is 131 Å². The van der Waals surface area contributed by atoms with Crippen molar-refractivity contribution in [3.63, 3.8) is 0 Å². The van der Waals surface area contributed by atoms with Crippen molar-refractivity contribution in [2.45, 2.75) is 70.0 Å². The van der Waals surface area contributed by atoms with Crippen LogP contribution in [-0.4, -0.2) is 61.9 Å². The van der Waals surface area contributed by atoms with Gasteiger partial charge in [0.2, 0.25) is 11.6 Å². The molecule has 0 aliphatic heterocycles. The number of methoxy groups -OCH3 is 1. The summed E-state index contributed by atoms with van der Waals surface area (Å²) in [6.07, 6.45) is 0.169. The molecule has 0 radical (unpaired) electrons. The van der Waals surface area contributed by atoms with Crippen molar-refractivity contribution in [1.29, 1.82) is 0 Å². The number of benzene rings is 2. The molecule has 2 aromatic carbocycles. The minimum atomic E-state index is -2.93. The van der Waals surface area contributed by atoms with E-state index in [-0.39, 0.29) is 63.4 Å². The molecule has 0 spiro atoms. The van der Waals surface area contributed by atoms with Crippen molar-refractivity contribution in [3.8, 4) is 11.5 Å². The Hall–Kier alpha value is -3.52. The van der Waals surface area contributed by atoms with Crippen LogP contribution >= 0.6 is 15.9 Å². The van der Waals surface area contributed by atoms with E-state index >= 15 is 9.18 Å². The molecular weight excluding hydrogens is 703 g/mol. The third-order valence-electron chi connectivity index (χ3n) is 10.5. The quantitative estimate of drug-likeness (QED) is 0.199. The summed E-state index contributed by atoms with van der Waals surface area (Å²) < 4.78 is 40.6. The van der Waals surface area contributed by atoms with Gasteiger partial charge in [-0.3, -0.25) is 19.3 Å². The number of hydrogen-bond acceptors (Lipinski definition) is 9. The second-order valence-corrected chi connectivity index (χ2v) is 20.1. The van der Waals surface area contributed by atoms with E-state index in [0.717, 1.165) is 5.56 Å². The van der Waals surface area contributed by atoms with Crippen molar-refractivity contribution in [2.24, 2.45) is 11.8 Å². The van der Waals surface area contributed by atoms with Gasteiger partial charge in [0.1, 0.15) is 28.2 Å². The minimum absolute atomic E-state index is 0.00546. The molecule has 48 heavy (non-hydrogen) atoms. The van der Waals surface area contributed by atoms with Crippen molar-refractivity contribution in [1.82, 2.24) is 10.1 Å². The number of nitrogens with one attached hydrogen (secondary N) is 1. The predicted octanol–water partition coefficient (Wildman–Crippen LogP) is 6.75. The minimum Gasteiger partial charge on any atom is -0.507 e. The monoisotopic (exact) mass is 742 g/mol. The summed E-state index contributed by atoms with van der Waals surface area (Å²) >= 11 is 3.42. The van der Waals surface area contributed by atoms with Crippen LogP contribution in [-0.2, 0) is 22.2 Å². The van der Waals surface area contributed by atoms with Crippen LogP contribution in [0.5, 0.6) is 11.5 Å². The Bertz CT molecular complexity index is 1910. The van der Waals surface area contributed by atoms with Gasteiger partial charge in [-0.15, -0.1) is 0 Å². The van der Waals surface area contributed by atoms with Crippen molar-refractivity contribution in [2.75, 3.05) is 21.2 Å². The van der Waals surface area contributed by atoms with E-state index < -0.39 is 65.5 Å². The summed E-state index contributed by atoms with van der Waals surface area (Å²) in [5.41, 5.74) is -2.25.